The van der Waals surface area contributed by atoms with Crippen molar-refractivity contribution in [2.45, 2.75) is 3.64 Å². The van der Waals surface area contributed by atoms with E-state index in [2.05, 4.69) is 69.7 Å². The van der Waals surface area contributed by atoms with Crippen LogP contribution in [0.2, 0.25) is 0 Å². The molecular weight excluding hydrogens is 259 g/mol. The minimum atomic E-state index is 0.310. The van der Waals surface area contributed by atoms with Crippen LogP contribution in [0.4, 0.5) is 0 Å². The highest BCUT2D eigenvalue weighted by atomic mass is 79.9. The average molecular weight is 272 g/mol. The van der Waals surface area contributed by atoms with E-state index in [0.717, 1.165) is 0 Å². The molecule has 60 valence electrons. The van der Waals surface area contributed by atoms with Gasteiger partial charge in [-0.2, -0.15) is 0 Å². The van der Waals surface area contributed by atoms with Crippen LogP contribution in [0.5, 0.6) is 0 Å². The summed E-state index contributed by atoms with van der Waals surface area (Å²) in [5, 5.41) is 0. The molecule has 0 aliphatic carbocycles. The van der Waals surface area contributed by atoms with Crippen molar-refractivity contribution >= 4 is 38.8 Å². The topological polar surface area (TPSA) is 6.48 Å². The first-order valence-electron chi connectivity index (χ1n) is 3.08. The molecule has 0 aromatic carbocycles. The second-order valence-electron chi connectivity index (χ2n) is 2.68. The van der Waals surface area contributed by atoms with Crippen molar-refractivity contribution in [3.05, 3.63) is 0 Å². The first kappa shape index (κ1) is 10.9. The Morgan fingerprint density at radius 3 is 1.30 bits per heavy atom. The van der Waals surface area contributed by atoms with Gasteiger partial charge < -0.3 is 9.62 Å². The molecule has 0 N–H and O–H groups in total. The third-order valence-electron chi connectivity index (χ3n) is 1.28. The summed E-state index contributed by atoms with van der Waals surface area (Å²) in [6.07, 6.45) is 0. The van der Waals surface area contributed by atoms with Crippen LogP contribution in [0.1, 0.15) is 0 Å². The molecular formula is C5H13BBr2N2. The molecule has 0 unspecified atom stereocenters. The Labute approximate surface area is 80.3 Å². The first-order chi connectivity index (χ1) is 4.46. The zero-order valence-electron chi connectivity index (χ0n) is 6.81. The number of nitrogens with zero attached hydrogens (tertiary/aromatic N) is 2. The van der Waals surface area contributed by atoms with E-state index in [1.54, 1.807) is 0 Å². The van der Waals surface area contributed by atoms with E-state index in [-0.39, 0.29) is 0 Å². The molecule has 0 saturated heterocycles. The predicted molar refractivity (Wildman–Crippen MR) is 54.8 cm³/mol. The lowest BCUT2D eigenvalue weighted by Gasteiger charge is -2.27. The third kappa shape index (κ3) is 3.37. The molecule has 0 rings (SSSR count). The lowest BCUT2D eigenvalue weighted by Crippen LogP contribution is -2.50. The molecule has 0 atom stereocenters. The maximum absolute atomic E-state index is 3.48. The van der Waals surface area contributed by atoms with Gasteiger partial charge in [0.25, 0.3) is 0 Å². The van der Waals surface area contributed by atoms with Crippen LogP contribution < -0.4 is 0 Å². The predicted octanol–water partition coefficient (Wildman–Crippen LogP) is 1.25. The summed E-state index contributed by atoms with van der Waals surface area (Å²) in [5.41, 5.74) is 0. The van der Waals surface area contributed by atoms with Crippen LogP contribution in [-0.2, 0) is 0 Å². The van der Waals surface area contributed by atoms with Crippen LogP contribution in [0.3, 0.4) is 0 Å². The molecule has 0 spiro atoms. The maximum Gasteiger partial charge on any atom is 0.335 e. The van der Waals surface area contributed by atoms with Crippen LogP contribution in [-0.4, -0.2) is 48.4 Å². The minimum Gasteiger partial charge on any atom is -0.332 e. The molecule has 0 aromatic heterocycles. The molecule has 5 heteroatoms. The molecule has 0 aromatic rings. The van der Waals surface area contributed by atoms with Crippen molar-refractivity contribution in [3.63, 3.8) is 0 Å². The molecule has 0 amide bonds. The van der Waals surface area contributed by atoms with E-state index >= 15 is 0 Å². The minimum absolute atomic E-state index is 0.310. The summed E-state index contributed by atoms with van der Waals surface area (Å²) < 4.78 is 0.310. The van der Waals surface area contributed by atoms with Crippen molar-refractivity contribution in [2.24, 2.45) is 0 Å². The van der Waals surface area contributed by atoms with E-state index in [1.165, 1.54) is 0 Å². The summed E-state index contributed by atoms with van der Waals surface area (Å²) in [6, 6.07) is 0. The maximum atomic E-state index is 3.48. The zero-order chi connectivity index (χ0) is 8.31. The summed E-state index contributed by atoms with van der Waals surface area (Å²) in [4.78, 5) is 4.29. The standard InChI is InChI=1S/C5H13BBr2N2/c1-9(2)6(5(7)8)10(3)4/h5H,1-4H3. The average Bonchev–Trinajstić information content (AvgIpc) is 1.59. The number of rotatable bonds is 3. The van der Waals surface area contributed by atoms with Crippen molar-refractivity contribution in [1.82, 2.24) is 9.62 Å². The number of hydrogen-bond acceptors (Lipinski definition) is 2. The van der Waals surface area contributed by atoms with E-state index in [0.29, 0.717) is 10.6 Å². The fourth-order valence-electron chi connectivity index (χ4n) is 0.913. The fourth-order valence-corrected chi connectivity index (χ4v) is 2.80. The number of halogens is 2. The summed E-state index contributed by atoms with van der Waals surface area (Å²) >= 11 is 6.95. The Kier molecular flexibility index (Phi) is 5.20. The van der Waals surface area contributed by atoms with Gasteiger partial charge in [-0.3, -0.25) is 0 Å². The van der Waals surface area contributed by atoms with Gasteiger partial charge in [0.1, 0.15) is 0 Å². The van der Waals surface area contributed by atoms with Gasteiger partial charge >= 0.3 is 6.98 Å². The molecule has 0 saturated carbocycles. The Balaban J connectivity index is 3.98. The normalized spacial score (nSPS) is 11.7. The highest BCUT2D eigenvalue weighted by Crippen LogP contribution is 2.14. The monoisotopic (exact) mass is 270 g/mol. The molecule has 0 radical (unpaired) electrons. The van der Waals surface area contributed by atoms with Crippen molar-refractivity contribution in [3.8, 4) is 0 Å². The van der Waals surface area contributed by atoms with Gasteiger partial charge in [0.15, 0.2) is 0 Å². The van der Waals surface area contributed by atoms with Crippen molar-refractivity contribution in [1.29, 1.82) is 0 Å². The summed E-state index contributed by atoms with van der Waals surface area (Å²) in [5.74, 6) is 0. The van der Waals surface area contributed by atoms with Crippen molar-refractivity contribution in [2.75, 3.05) is 28.2 Å². The Hall–Kier alpha value is 0.945. The second-order valence-corrected chi connectivity index (χ2v) is 5.88. The van der Waals surface area contributed by atoms with Gasteiger partial charge in [-0.15, -0.1) is 0 Å². The third-order valence-corrected chi connectivity index (χ3v) is 2.23. The van der Waals surface area contributed by atoms with Gasteiger partial charge in [-0.25, -0.2) is 0 Å². The first-order valence-corrected chi connectivity index (χ1v) is 4.91. The lowest BCUT2D eigenvalue weighted by atomic mass is 9.77. The molecule has 0 aliphatic heterocycles. The van der Waals surface area contributed by atoms with Crippen molar-refractivity contribution < 1.29 is 0 Å². The van der Waals surface area contributed by atoms with Gasteiger partial charge in [0.05, 0.1) is 3.64 Å². The quantitative estimate of drug-likeness (QED) is 0.563. The fraction of sp³-hybridized carbons (Fsp3) is 1.00. The smallest absolute Gasteiger partial charge is 0.332 e. The second kappa shape index (κ2) is 4.75. The summed E-state index contributed by atoms with van der Waals surface area (Å²) in [7, 11) is 8.22. The van der Waals surface area contributed by atoms with E-state index in [9.17, 15) is 0 Å². The Bertz CT molecular complexity index is 78.6. The molecule has 0 heterocycles. The SMILES string of the molecule is CN(C)B(C(Br)Br)N(C)C. The van der Waals surface area contributed by atoms with Crippen LogP contribution in [0.15, 0.2) is 0 Å². The largest absolute Gasteiger partial charge is 0.335 e. The Morgan fingerprint density at radius 2 is 1.30 bits per heavy atom. The zero-order valence-corrected chi connectivity index (χ0v) is 9.98. The lowest BCUT2D eigenvalue weighted by molar-refractivity contribution is 0.521. The Morgan fingerprint density at radius 1 is 1.00 bits per heavy atom. The van der Waals surface area contributed by atoms with Gasteiger partial charge in [0.2, 0.25) is 0 Å². The summed E-state index contributed by atoms with van der Waals surface area (Å²) in [6.45, 7) is 0.389. The number of hydrogen-bond donors (Lipinski definition) is 0. The van der Waals surface area contributed by atoms with Crippen LogP contribution in [0, 0.1) is 0 Å². The van der Waals surface area contributed by atoms with Gasteiger partial charge in [0, 0.05) is 0 Å². The molecule has 10 heavy (non-hydrogen) atoms. The number of alkyl halides is 2. The molecule has 0 aliphatic rings. The molecule has 0 bridgehead atoms. The highest BCUT2D eigenvalue weighted by Gasteiger charge is 2.26. The van der Waals surface area contributed by atoms with Gasteiger partial charge in [-0.1, -0.05) is 31.9 Å². The van der Waals surface area contributed by atoms with E-state index in [4.69, 9.17) is 0 Å². The molecule has 2 nitrogen and oxygen atoms in total. The van der Waals surface area contributed by atoms with Crippen LogP contribution in [0.25, 0.3) is 0 Å². The molecule has 0 fully saturated rings. The van der Waals surface area contributed by atoms with E-state index in [1.807, 2.05) is 0 Å². The highest BCUT2D eigenvalue weighted by molar-refractivity contribution is 9.25. The van der Waals surface area contributed by atoms with Gasteiger partial charge in [-0.05, 0) is 28.2 Å². The van der Waals surface area contributed by atoms with E-state index < -0.39 is 0 Å². The van der Waals surface area contributed by atoms with Crippen LogP contribution >= 0.6 is 31.9 Å².